The average molecular weight is 501 g/mol. The summed E-state index contributed by atoms with van der Waals surface area (Å²) in [6.07, 6.45) is 0.839. The highest BCUT2D eigenvalue weighted by atomic mass is 35.5. The molecule has 188 valence electrons. The second-order valence-corrected chi connectivity index (χ2v) is 8.88. The number of nitrogens with zero attached hydrogens (tertiary/aromatic N) is 1. The lowest BCUT2D eigenvalue weighted by Crippen LogP contribution is -3.12. The number of hydrogen-bond acceptors (Lipinski definition) is 5. The van der Waals surface area contributed by atoms with Crippen molar-refractivity contribution in [2.45, 2.75) is 33.2 Å². The van der Waals surface area contributed by atoms with Crippen LogP contribution in [0, 0.1) is 0 Å². The number of amides is 1. The fourth-order valence-corrected chi connectivity index (χ4v) is 4.40. The highest BCUT2D eigenvalue weighted by molar-refractivity contribution is 6.46. The summed E-state index contributed by atoms with van der Waals surface area (Å²) in [5, 5.41) is 14.0. The van der Waals surface area contributed by atoms with Crippen LogP contribution in [0.2, 0.25) is 5.02 Å². The number of benzene rings is 2. The third-order valence-electron chi connectivity index (χ3n) is 6.31. The number of halogens is 1. The minimum absolute atomic E-state index is 0.0591. The largest absolute Gasteiger partial charge is 0.872 e. The van der Waals surface area contributed by atoms with Gasteiger partial charge in [0.25, 0.3) is 5.91 Å². The van der Waals surface area contributed by atoms with Gasteiger partial charge in [-0.15, -0.1) is 0 Å². The van der Waals surface area contributed by atoms with Crippen molar-refractivity contribution in [3.63, 3.8) is 0 Å². The standard InChI is InChI=1S/C27H33ClN2O5/c1-5-16-35-21-13-10-19(17-22(21)34-4)24-23(25(31)18-8-11-20(28)12-9-18)26(32)27(33)30(24)15-14-29(6-2)7-3/h8-13,17,24,31H,5-7,14-16H2,1-4H3/b25-23+. The zero-order valence-corrected chi connectivity index (χ0v) is 21.5. The van der Waals surface area contributed by atoms with Gasteiger partial charge in [-0.05, 0) is 55.7 Å². The molecule has 7 nitrogen and oxygen atoms in total. The summed E-state index contributed by atoms with van der Waals surface area (Å²) >= 11 is 5.98. The third kappa shape index (κ3) is 5.80. The number of Topliss-reactive ketones (excluding diaryl/α,β-unsaturated/α-hetero) is 1. The molecule has 2 aromatic rings. The number of quaternary nitrogens is 1. The van der Waals surface area contributed by atoms with Crippen molar-refractivity contribution >= 4 is 29.1 Å². The van der Waals surface area contributed by atoms with E-state index in [0.717, 1.165) is 19.5 Å². The molecule has 0 aromatic heterocycles. The first kappa shape index (κ1) is 26.6. The van der Waals surface area contributed by atoms with E-state index in [1.165, 1.54) is 16.9 Å². The Morgan fingerprint density at radius 3 is 2.34 bits per heavy atom. The van der Waals surface area contributed by atoms with E-state index in [0.29, 0.717) is 47.3 Å². The summed E-state index contributed by atoms with van der Waals surface area (Å²) in [5.74, 6) is -0.860. The molecule has 3 rings (SSSR count). The number of nitrogens with one attached hydrogen (secondary N) is 1. The van der Waals surface area contributed by atoms with Crippen molar-refractivity contribution in [1.29, 1.82) is 0 Å². The van der Waals surface area contributed by atoms with E-state index in [4.69, 9.17) is 21.1 Å². The molecule has 1 fully saturated rings. The molecule has 0 bridgehead atoms. The molecule has 0 aliphatic carbocycles. The second kappa shape index (κ2) is 12.1. The zero-order chi connectivity index (χ0) is 25.5. The fraction of sp³-hybridized carbons (Fsp3) is 0.407. The van der Waals surface area contributed by atoms with Crippen molar-refractivity contribution < 1.29 is 29.1 Å². The summed E-state index contributed by atoms with van der Waals surface area (Å²) in [6.45, 7) is 9.50. The Hall–Kier alpha value is -3.03. The number of rotatable bonds is 11. The summed E-state index contributed by atoms with van der Waals surface area (Å²) in [6, 6.07) is 10.8. The minimum atomic E-state index is -0.817. The maximum atomic E-state index is 13.5. The SMILES string of the molecule is CCCOc1ccc(C2/C(=C(\[O-])c3ccc(Cl)cc3)C(=O)C(=O)N2CC[NH+](CC)CC)cc1OC. The van der Waals surface area contributed by atoms with E-state index in [-0.39, 0.29) is 5.57 Å². The van der Waals surface area contributed by atoms with Gasteiger partial charge < -0.3 is 24.4 Å². The lowest BCUT2D eigenvalue weighted by molar-refractivity contribution is -0.895. The van der Waals surface area contributed by atoms with Gasteiger partial charge >= 0.3 is 0 Å². The van der Waals surface area contributed by atoms with Crippen molar-refractivity contribution in [3.8, 4) is 11.5 Å². The Balaban J connectivity index is 2.12. The number of methoxy groups -OCH3 is 1. The Kier molecular flexibility index (Phi) is 9.18. The van der Waals surface area contributed by atoms with Crippen LogP contribution in [0.5, 0.6) is 11.5 Å². The average Bonchev–Trinajstić information content (AvgIpc) is 3.13. The molecular formula is C27H33ClN2O5. The number of ketones is 1. The predicted octanol–water partition coefficient (Wildman–Crippen LogP) is 2.29. The van der Waals surface area contributed by atoms with Crippen LogP contribution in [0.15, 0.2) is 48.0 Å². The molecule has 1 N–H and O–H groups in total. The van der Waals surface area contributed by atoms with E-state index < -0.39 is 23.5 Å². The Labute approximate surface area is 211 Å². The van der Waals surface area contributed by atoms with Crippen LogP contribution >= 0.6 is 11.6 Å². The van der Waals surface area contributed by atoms with Crippen molar-refractivity contribution in [2.24, 2.45) is 0 Å². The number of likely N-dealkylation sites (tertiary alicyclic amines) is 1. The molecule has 1 unspecified atom stereocenters. The van der Waals surface area contributed by atoms with Crippen LogP contribution in [0.3, 0.4) is 0 Å². The van der Waals surface area contributed by atoms with Gasteiger partial charge in [0.1, 0.15) is 0 Å². The number of likely N-dealkylation sites (N-methyl/N-ethyl adjacent to an activating group) is 1. The maximum absolute atomic E-state index is 13.5. The molecule has 1 aliphatic rings. The summed E-state index contributed by atoms with van der Waals surface area (Å²) in [5.41, 5.74) is 0.870. The van der Waals surface area contributed by atoms with Crippen LogP contribution in [0.25, 0.3) is 5.76 Å². The molecule has 0 radical (unpaired) electrons. The molecule has 1 aliphatic heterocycles. The van der Waals surface area contributed by atoms with E-state index in [2.05, 4.69) is 13.8 Å². The monoisotopic (exact) mass is 500 g/mol. The summed E-state index contributed by atoms with van der Waals surface area (Å²) in [7, 11) is 1.54. The number of hydrogen-bond donors (Lipinski definition) is 1. The van der Waals surface area contributed by atoms with E-state index in [9.17, 15) is 14.7 Å². The van der Waals surface area contributed by atoms with Gasteiger partial charge in [0, 0.05) is 10.6 Å². The zero-order valence-electron chi connectivity index (χ0n) is 20.7. The van der Waals surface area contributed by atoms with Crippen molar-refractivity contribution in [1.82, 2.24) is 4.90 Å². The molecule has 0 spiro atoms. The Morgan fingerprint density at radius 1 is 1.06 bits per heavy atom. The van der Waals surface area contributed by atoms with E-state index in [1.54, 1.807) is 42.5 Å². The highest BCUT2D eigenvalue weighted by Crippen LogP contribution is 2.41. The lowest BCUT2D eigenvalue weighted by atomic mass is 9.95. The third-order valence-corrected chi connectivity index (χ3v) is 6.56. The van der Waals surface area contributed by atoms with Crippen LogP contribution in [-0.4, -0.2) is 56.5 Å². The van der Waals surface area contributed by atoms with Gasteiger partial charge in [0.2, 0.25) is 5.78 Å². The van der Waals surface area contributed by atoms with Gasteiger partial charge in [-0.3, -0.25) is 9.59 Å². The van der Waals surface area contributed by atoms with Crippen LogP contribution in [0.1, 0.15) is 44.4 Å². The van der Waals surface area contributed by atoms with Gasteiger partial charge in [-0.2, -0.15) is 0 Å². The fourth-order valence-electron chi connectivity index (χ4n) is 4.27. The normalized spacial score (nSPS) is 17.3. The Bertz CT molecular complexity index is 1080. The van der Waals surface area contributed by atoms with Crippen LogP contribution < -0.4 is 19.5 Å². The predicted molar refractivity (Wildman–Crippen MR) is 134 cm³/mol. The number of ether oxygens (including phenoxy) is 2. The first-order valence-corrected chi connectivity index (χ1v) is 12.4. The minimum Gasteiger partial charge on any atom is -0.872 e. The second-order valence-electron chi connectivity index (χ2n) is 8.45. The first-order chi connectivity index (χ1) is 16.9. The topological polar surface area (TPSA) is 83.3 Å². The van der Waals surface area contributed by atoms with E-state index in [1.807, 2.05) is 6.92 Å². The molecule has 1 amide bonds. The van der Waals surface area contributed by atoms with E-state index >= 15 is 0 Å². The maximum Gasteiger partial charge on any atom is 0.295 e. The Morgan fingerprint density at radius 2 is 1.74 bits per heavy atom. The van der Waals surface area contributed by atoms with Crippen LogP contribution in [-0.2, 0) is 9.59 Å². The van der Waals surface area contributed by atoms with Crippen LogP contribution in [0.4, 0.5) is 0 Å². The summed E-state index contributed by atoms with van der Waals surface area (Å²) < 4.78 is 11.3. The molecule has 1 saturated heterocycles. The molecule has 35 heavy (non-hydrogen) atoms. The molecule has 2 aromatic carbocycles. The molecule has 8 heteroatoms. The smallest absolute Gasteiger partial charge is 0.295 e. The van der Waals surface area contributed by atoms with Gasteiger partial charge in [0.15, 0.2) is 11.5 Å². The quantitative estimate of drug-likeness (QED) is 0.291. The van der Waals surface area contributed by atoms with Gasteiger partial charge in [-0.1, -0.05) is 42.5 Å². The highest BCUT2D eigenvalue weighted by Gasteiger charge is 2.44. The summed E-state index contributed by atoms with van der Waals surface area (Å²) in [4.78, 5) is 29.2. The molecule has 0 saturated carbocycles. The van der Waals surface area contributed by atoms with Gasteiger partial charge in [-0.25, -0.2) is 0 Å². The lowest BCUT2D eigenvalue weighted by Gasteiger charge is -2.29. The molecule has 1 atom stereocenters. The first-order valence-electron chi connectivity index (χ1n) is 12.0. The van der Waals surface area contributed by atoms with Crippen molar-refractivity contribution in [3.05, 3.63) is 64.2 Å². The van der Waals surface area contributed by atoms with Gasteiger partial charge in [0.05, 0.1) is 45.9 Å². The number of carbonyl (C=O) groups is 2. The van der Waals surface area contributed by atoms with Crippen molar-refractivity contribution in [2.75, 3.05) is 39.9 Å². The molecular weight excluding hydrogens is 468 g/mol. The molecule has 1 heterocycles. The number of carbonyl (C=O) groups excluding carboxylic acids is 2.